The highest BCUT2D eigenvalue weighted by Crippen LogP contribution is 2.35. The highest BCUT2D eigenvalue weighted by atomic mass is 35.5. The van der Waals surface area contributed by atoms with Crippen molar-refractivity contribution in [2.24, 2.45) is 0 Å². The zero-order chi connectivity index (χ0) is 11.3. The van der Waals surface area contributed by atoms with E-state index in [2.05, 4.69) is 5.10 Å². The van der Waals surface area contributed by atoms with Gasteiger partial charge in [-0.2, -0.15) is 5.10 Å². The zero-order valence-electron chi connectivity index (χ0n) is 8.35. The van der Waals surface area contributed by atoms with E-state index in [1.807, 2.05) is 10.9 Å². The number of benzene rings is 1. The standard InChI is InChI=1S/C11H9ClN2O2/c12-7-3-6-5-14(8-1-2-8)13-10(6)9(4-7)11(15)16/h3-5,8H,1-2H2,(H,15,16). The molecule has 82 valence electrons. The van der Waals surface area contributed by atoms with Gasteiger partial charge in [0.25, 0.3) is 0 Å². The normalized spacial score (nSPS) is 15.6. The number of rotatable bonds is 2. The van der Waals surface area contributed by atoms with E-state index in [1.165, 1.54) is 6.07 Å². The van der Waals surface area contributed by atoms with Crippen LogP contribution in [0.4, 0.5) is 0 Å². The highest BCUT2D eigenvalue weighted by Gasteiger charge is 2.25. The van der Waals surface area contributed by atoms with Crippen LogP contribution >= 0.6 is 11.6 Å². The summed E-state index contributed by atoms with van der Waals surface area (Å²) in [7, 11) is 0. The number of carboxylic acid groups (broad SMARTS) is 1. The first kappa shape index (κ1) is 9.66. The average Bonchev–Trinajstić information content (AvgIpc) is 2.98. The fourth-order valence-electron chi connectivity index (χ4n) is 1.81. The zero-order valence-corrected chi connectivity index (χ0v) is 9.11. The predicted molar refractivity (Wildman–Crippen MR) is 60.0 cm³/mol. The second-order valence-electron chi connectivity index (χ2n) is 4.04. The third kappa shape index (κ3) is 1.46. The molecule has 1 aromatic carbocycles. The molecule has 1 heterocycles. The molecule has 0 atom stereocenters. The molecule has 1 saturated carbocycles. The molecule has 3 rings (SSSR count). The lowest BCUT2D eigenvalue weighted by Gasteiger charge is -1.96. The fourth-order valence-corrected chi connectivity index (χ4v) is 2.03. The molecule has 0 bridgehead atoms. The molecule has 0 spiro atoms. The quantitative estimate of drug-likeness (QED) is 0.872. The van der Waals surface area contributed by atoms with Crippen LogP contribution < -0.4 is 0 Å². The Bertz CT molecular complexity index is 587. The number of hydrogen-bond donors (Lipinski definition) is 1. The SMILES string of the molecule is O=C(O)c1cc(Cl)cc2cn(C3CC3)nc12. The van der Waals surface area contributed by atoms with Gasteiger partial charge in [0, 0.05) is 16.6 Å². The molecule has 1 fully saturated rings. The molecule has 0 radical (unpaired) electrons. The van der Waals surface area contributed by atoms with Crippen LogP contribution in [0.5, 0.6) is 0 Å². The summed E-state index contributed by atoms with van der Waals surface area (Å²) in [4.78, 5) is 11.1. The number of fused-ring (bicyclic) bond motifs is 1. The molecule has 2 aromatic rings. The van der Waals surface area contributed by atoms with E-state index in [0.717, 1.165) is 18.2 Å². The molecule has 0 aliphatic heterocycles. The van der Waals surface area contributed by atoms with Gasteiger partial charge in [0.05, 0.1) is 11.6 Å². The number of carbonyl (C=O) groups is 1. The lowest BCUT2D eigenvalue weighted by Crippen LogP contribution is -1.99. The third-order valence-corrected chi connectivity index (χ3v) is 2.96. The highest BCUT2D eigenvalue weighted by molar-refractivity contribution is 6.32. The number of aromatic carboxylic acids is 1. The summed E-state index contributed by atoms with van der Waals surface area (Å²) in [5, 5.41) is 14.6. The summed E-state index contributed by atoms with van der Waals surface area (Å²) in [5.41, 5.74) is 0.686. The maximum Gasteiger partial charge on any atom is 0.338 e. The molecule has 16 heavy (non-hydrogen) atoms. The number of halogens is 1. The van der Waals surface area contributed by atoms with Crippen molar-refractivity contribution in [3.05, 3.63) is 28.9 Å². The van der Waals surface area contributed by atoms with Gasteiger partial charge in [0.1, 0.15) is 5.52 Å². The summed E-state index contributed by atoms with van der Waals surface area (Å²) >= 11 is 5.87. The van der Waals surface area contributed by atoms with Gasteiger partial charge in [0.15, 0.2) is 0 Å². The Morgan fingerprint density at radius 2 is 2.25 bits per heavy atom. The van der Waals surface area contributed by atoms with Gasteiger partial charge in [-0.1, -0.05) is 11.6 Å². The first-order chi connectivity index (χ1) is 7.65. The summed E-state index contributed by atoms with van der Waals surface area (Å²) in [5.74, 6) is -0.992. The molecule has 1 aliphatic carbocycles. The van der Waals surface area contributed by atoms with Gasteiger partial charge in [-0.15, -0.1) is 0 Å². The topological polar surface area (TPSA) is 55.1 Å². The van der Waals surface area contributed by atoms with E-state index in [-0.39, 0.29) is 5.56 Å². The third-order valence-electron chi connectivity index (χ3n) is 2.74. The molecule has 0 amide bonds. The fraction of sp³-hybridized carbons (Fsp3) is 0.273. The van der Waals surface area contributed by atoms with Crippen LogP contribution in [0.3, 0.4) is 0 Å². The van der Waals surface area contributed by atoms with Crippen molar-refractivity contribution in [3.63, 3.8) is 0 Å². The number of aromatic nitrogens is 2. The smallest absolute Gasteiger partial charge is 0.338 e. The monoisotopic (exact) mass is 236 g/mol. The predicted octanol–water partition coefficient (Wildman–Crippen LogP) is 2.72. The summed E-state index contributed by atoms with van der Waals surface area (Å²) in [6.45, 7) is 0. The largest absolute Gasteiger partial charge is 0.478 e. The van der Waals surface area contributed by atoms with Crippen molar-refractivity contribution in [2.45, 2.75) is 18.9 Å². The summed E-state index contributed by atoms with van der Waals surface area (Å²) < 4.78 is 1.84. The summed E-state index contributed by atoms with van der Waals surface area (Å²) in [6.07, 6.45) is 4.10. The summed E-state index contributed by atoms with van der Waals surface area (Å²) in [6, 6.07) is 3.62. The van der Waals surface area contributed by atoms with Gasteiger partial charge in [0.2, 0.25) is 0 Å². The van der Waals surface area contributed by atoms with E-state index in [1.54, 1.807) is 6.07 Å². The second-order valence-corrected chi connectivity index (χ2v) is 4.47. The lowest BCUT2D eigenvalue weighted by atomic mass is 10.1. The van der Waals surface area contributed by atoms with Crippen LogP contribution in [-0.2, 0) is 0 Å². The Balaban J connectivity index is 2.27. The van der Waals surface area contributed by atoms with Gasteiger partial charge in [-0.3, -0.25) is 4.68 Å². The van der Waals surface area contributed by atoms with Crippen molar-refractivity contribution >= 4 is 28.5 Å². The lowest BCUT2D eigenvalue weighted by molar-refractivity contribution is 0.0699. The van der Waals surface area contributed by atoms with Crippen LogP contribution in [0.15, 0.2) is 18.3 Å². The van der Waals surface area contributed by atoms with Crippen LogP contribution in [0.1, 0.15) is 29.2 Å². The molecule has 4 nitrogen and oxygen atoms in total. The Labute approximate surface area is 96.4 Å². The molecule has 1 N–H and O–H groups in total. The van der Waals surface area contributed by atoms with Gasteiger partial charge in [-0.25, -0.2) is 4.79 Å². The van der Waals surface area contributed by atoms with Gasteiger partial charge >= 0.3 is 5.97 Å². The van der Waals surface area contributed by atoms with Gasteiger partial charge in [-0.05, 0) is 25.0 Å². The number of hydrogen-bond acceptors (Lipinski definition) is 2. The second kappa shape index (κ2) is 3.22. The van der Waals surface area contributed by atoms with Crippen molar-refractivity contribution in [2.75, 3.05) is 0 Å². The Hall–Kier alpha value is -1.55. The van der Waals surface area contributed by atoms with Crippen molar-refractivity contribution in [1.82, 2.24) is 9.78 Å². The minimum absolute atomic E-state index is 0.168. The average molecular weight is 237 g/mol. The van der Waals surface area contributed by atoms with E-state index in [9.17, 15) is 4.79 Å². The maximum absolute atomic E-state index is 11.1. The Morgan fingerprint density at radius 3 is 2.88 bits per heavy atom. The minimum atomic E-state index is -0.992. The molecular formula is C11H9ClN2O2. The molecule has 1 aliphatic rings. The van der Waals surface area contributed by atoms with Crippen LogP contribution in [-0.4, -0.2) is 20.9 Å². The minimum Gasteiger partial charge on any atom is -0.478 e. The van der Waals surface area contributed by atoms with E-state index in [4.69, 9.17) is 16.7 Å². The first-order valence-electron chi connectivity index (χ1n) is 5.07. The molecular weight excluding hydrogens is 228 g/mol. The van der Waals surface area contributed by atoms with Crippen LogP contribution in [0, 0.1) is 0 Å². The first-order valence-corrected chi connectivity index (χ1v) is 5.44. The number of nitrogens with zero attached hydrogens (tertiary/aromatic N) is 2. The van der Waals surface area contributed by atoms with Crippen molar-refractivity contribution < 1.29 is 9.90 Å². The Kier molecular flexibility index (Phi) is 1.94. The van der Waals surface area contributed by atoms with Crippen molar-refractivity contribution in [3.8, 4) is 0 Å². The van der Waals surface area contributed by atoms with Crippen LogP contribution in [0.25, 0.3) is 10.9 Å². The molecule has 1 aromatic heterocycles. The van der Waals surface area contributed by atoms with E-state index < -0.39 is 5.97 Å². The molecule has 0 unspecified atom stereocenters. The Morgan fingerprint density at radius 1 is 1.50 bits per heavy atom. The maximum atomic E-state index is 11.1. The van der Waals surface area contributed by atoms with Gasteiger partial charge < -0.3 is 5.11 Å². The molecule has 0 saturated heterocycles. The van der Waals surface area contributed by atoms with Crippen molar-refractivity contribution in [1.29, 1.82) is 0 Å². The number of carboxylic acids is 1. The van der Waals surface area contributed by atoms with E-state index in [0.29, 0.717) is 16.6 Å². The van der Waals surface area contributed by atoms with E-state index >= 15 is 0 Å². The van der Waals surface area contributed by atoms with Crippen LogP contribution in [0.2, 0.25) is 5.02 Å². The molecule has 5 heteroatoms.